The third kappa shape index (κ3) is 4.93. The summed E-state index contributed by atoms with van der Waals surface area (Å²) in [6.45, 7) is 2.46. The minimum atomic E-state index is -0.150. The Balaban J connectivity index is 1.80. The third-order valence-corrected chi connectivity index (χ3v) is 4.81. The Labute approximate surface area is 168 Å². The molecule has 142 valence electrons. The smallest absolute Gasteiger partial charge is 0.231 e. The van der Waals surface area contributed by atoms with Crippen molar-refractivity contribution in [1.29, 1.82) is 0 Å². The van der Waals surface area contributed by atoms with E-state index in [0.717, 1.165) is 17.0 Å². The summed E-state index contributed by atoms with van der Waals surface area (Å²) in [4.78, 5) is 11.9. The van der Waals surface area contributed by atoms with E-state index in [1.807, 2.05) is 66.1 Å². The predicted octanol–water partition coefficient (Wildman–Crippen LogP) is 3.00. The fraction of sp³-hybridized carbons (Fsp3) is 0.190. The van der Waals surface area contributed by atoms with Crippen molar-refractivity contribution in [1.82, 2.24) is 20.1 Å². The number of benzene rings is 2. The average Bonchev–Trinajstić information content (AvgIpc) is 3.13. The number of amides is 1. The van der Waals surface area contributed by atoms with Crippen molar-refractivity contribution < 1.29 is 9.53 Å². The highest BCUT2D eigenvalue weighted by atomic mass is 32.2. The molecule has 6 nitrogen and oxygen atoms in total. The van der Waals surface area contributed by atoms with Crippen LogP contribution in [0.3, 0.4) is 0 Å². The SMILES string of the molecule is C#CCNC(=O)CSc1nnc(COc2ccccc2C)n1-c1ccccc1. The Bertz CT molecular complexity index is 980. The fourth-order valence-corrected chi connectivity index (χ4v) is 3.32. The molecule has 1 N–H and O–H groups in total. The fourth-order valence-electron chi connectivity index (χ4n) is 2.52. The summed E-state index contributed by atoms with van der Waals surface area (Å²) in [6.07, 6.45) is 5.17. The summed E-state index contributed by atoms with van der Waals surface area (Å²) < 4.78 is 7.84. The zero-order valence-corrected chi connectivity index (χ0v) is 16.3. The first-order valence-corrected chi connectivity index (χ1v) is 9.68. The van der Waals surface area contributed by atoms with E-state index < -0.39 is 0 Å². The van der Waals surface area contributed by atoms with Gasteiger partial charge in [0.2, 0.25) is 5.91 Å². The highest BCUT2D eigenvalue weighted by molar-refractivity contribution is 7.99. The van der Waals surface area contributed by atoms with Gasteiger partial charge in [-0.1, -0.05) is 54.1 Å². The highest BCUT2D eigenvalue weighted by Gasteiger charge is 2.16. The van der Waals surface area contributed by atoms with Gasteiger partial charge in [-0.3, -0.25) is 9.36 Å². The van der Waals surface area contributed by atoms with Crippen LogP contribution in [0.2, 0.25) is 0 Å². The van der Waals surface area contributed by atoms with E-state index >= 15 is 0 Å². The molecule has 0 saturated carbocycles. The lowest BCUT2D eigenvalue weighted by atomic mass is 10.2. The van der Waals surface area contributed by atoms with Crippen molar-refractivity contribution in [3.8, 4) is 23.8 Å². The van der Waals surface area contributed by atoms with Crippen molar-refractivity contribution >= 4 is 17.7 Å². The zero-order valence-electron chi connectivity index (χ0n) is 15.5. The number of carbonyl (C=O) groups is 1. The summed E-state index contributed by atoms with van der Waals surface area (Å²) in [7, 11) is 0. The second kappa shape index (κ2) is 9.62. The molecule has 3 rings (SSSR count). The summed E-state index contributed by atoms with van der Waals surface area (Å²) in [6, 6.07) is 17.6. The lowest BCUT2D eigenvalue weighted by Crippen LogP contribution is -2.25. The van der Waals surface area contributed by atoms with Crippen LogP contribution < -0.4 is 10.1 Å². The second-order valence-electron chi connectivity index (χ2n) is 5.89. The topological polar surface area (TPSA) is 69.0 Å². The molecule has 0 unspecified atom stereocenters. The lowest BCUT2D eigenvalue weighted by Gasteiger charge is -2.12. The Kier molecular flexibility index (Phi) is 6.71. The standard InChI is InChI=1S/C21H20N4O2S/c1-3-13-22-20(26)15-28-21-24-23-19(25(21)17-10-5-4-6-11-17)14-27-18-12-8-7-9-16(18)2/h1,4-12H,13-15H2,2H3,(H,22,26). The summed E-state index contributed by atoms with van der Waals surface area (Å²) in [5.74, 6) is 3.89. The average molecular weight is 392 g/mol. The first-order chi connectivity index (χ1) is 13.7. The minimum Gasteiger partial charge on any atom is -0.485 e. The van der Waals surface area contributed by atoms with Crippen LogP contribution in [0, 0.1) is 19.3 Å². The zero-order chi connectivity index (χ0) is 19.8. The van der Waals surface area contributed by atoms with E-state index in [2.05, 4.69) is 21.4 Å². The molecule has 0 aliphatic carbocycles. The summed E-state index contributed by atoms with van der Waals surface area (Å²) in [5.41, 5.74) is 1.95. The van der Waals surface area contributed by atoms with Crippen molar-refractivity contribution in [3.63, 3.8) is 0 Å². The van der Waals surface area contributed by atoms with Crippen LogP contribution in [0.1, 0.15) is 11.4 Å². The van der Waals surface area contributed by atoms with Crippen LogP contribution in [0.4, 0.5) is 0 Å². The molecule has 28 heavy (non-hydrogen) atoms. The first kappa shape index (κ1) is 19.5. The van der Waals surface area contributed by atoms with Gasteiger partial charge >= 0.3 is 0 Å². The quantitative estimate of drug-likeness (QED) is 0.471. The van der Waals surface area contributed by atoms with Crippen molar-refractivity contribution in [2.45, 2.75) is 18.7 Å². The molecule has 0 aliphatic rings. The molecule has 0 spiro atoms. The van der Waals surface area contributed by atoms with Gasteiger partial charge in [-0.2, -0.15) is 0 Å². The number of rotatable bonds is 8. The second-order valence-corrected chi connectivity index (χ2v) is 6.84. The molecule has 0 aliphatic heterocycles. The number of terminal acetylenes is 1. The number of carbonyl (C=O) groups excluding carboxylic acids is 1. The van der Waals surface area contributed by atoms with Crippen molar-refractivity contribution in [3.05, 3.63) is 66.0 Å². The van der Waals surface area contributed by atoms with Gasteiger partial charge in [0.25, 0.3) is 0 Å². The van der Waals surface area contributed by atoms with Gasteiger partial charge in [-0.25, -0.2) is 0 Å². The molecule has 1 amide bonds. The number of ether oxygens (including phenoxy) is 1. The largest absolute Gasteiger partial charge is 0.485 e. The Morgan fingerprint density at radius 2 is 1.93 bits per heavy atom. The summed E-state index contributed by atoms with van der Waals surface area (Å²) >= 11 is 1.30. The predicted molar refractivity (Wildman–Crippen MR) is 109 cm³/mol. The highest BCUT2D eigenvalue weighted by Crippen LogP contribution is 2.23. The molecule has 1 aromatic heterocycles. The number of aryl methyl sites for hydroxylation is 1. The summed E-state index contributed by atoms with van der Waals surface area (Å²) in [5, 5.41) is 11.8. The maximum Gasteiger partial charge on any atom is 0.231 e. The molecule has 0 saturated heterocycles. The Morgan fingerprint density at radius 1 is 1.18 bits per heavy atom. The third-order valence-electron chi connectivity index (χ3n) is 3.89. The number of nitrogens with one attached hydrogen (secondary N) is 1. The molecule has 0 atom stereocenters. The molecular formula is C21H20N4O2S. The van der Waals surface area contributed by atoms with Crippen LogP contribution in [0.15, 0.2) is 59.8 Å². The number of nitrogens with zero attached hydrogens (tertiary/aromatic N) is 3. The monoisotopic (exact) mass is 392 g/mol. The molecule has 2 aromatic carbocycles. The molecule has 1 heterocycles. The van der Waals surface area contributed by atoms with Gasteiger partial charge < -0.3 is 10.1 Å². The van der Waals surface area contributed by atoms with E-state index in [1.54, 1.807) is 0 Å². The number of para-hydroxylation sites is 2. The Morgan fingerprint density at radius 3 is 2.68 bits per heavy atom. The van der Waals surface area contributed by atoms with Crippen molar-refractivity contribution in [2.24, 2.45) is 0 Å². The molecular weight excluding hydrogens is 372 g/mol. The minimum absolute atomic E-state index is 0.150. The van der Waals surface area contributed by atoms with Crippen LogP contribution in [0.25, 0.3) is 5.69 Å². The van der Waals surface area contributed by atoms with Crippen molar-refractivity contribution in [2.75, 3.05) is 12.3 Å². The molecule has 3 aromatic rings. The van der Waals surface area contributed by atoms with E-state index in [9.17, 15) is 4.79 Å². The maximum atomic E-state index is 11.9. The van der Waals surface area contributed by atoms with Gasteiger partial charge in [-0.15, -0.1) is 16.6 Å². The van der Waals surface area contributed by atoms with Crippen LogP contribution >= 0.6 is 11.8 Å². The molecule has 0 fully saturated rings. The number of thioether (sulfide) groups is 1. The normalized spacial score (nSPS) is 10.3. The van der Waals surface area contributed by atoms with Crippen LogP contribution in [-0.4, -0.2) is 33.0 Å². The van der Waals surface area contributed by atoms with Gasteiger partial charge in [0.05, 0.1) is 12.3 Å². The Hall–Kier alpha value is -3.24. The number of hydrogen-bond donors (Lipinski definition) is 1. The number of aromatic nitrogens is 3. The van der Waals surface area contributed by atoms with E-state index in [0.29, 0.717) is 11.0 Å². The van der Waals surface area contributed by atoms with Gasteiger partial charge in [-0.05, 0) is 30.7 Å². The van der Waals surface area contributed by atoms with Crippen LogP contribution in [0.5, 0.6) is 5.75 Å². The van der Waals surface area contributed by atoms with E-state index in [1.165, 1.54) is 11.8 Å². The lowest BCUT2D eigenvalue weighted by molar-refractivity contribution is -0.118. The van der Waals surface area contributed by atoms with Crippen LogP contribution in [-0.2, 0) is 11.4 Å². The maximum absolute atomic E-state index is 11.9. The first-order valence-electron chi connectivity index (χ1n) is 8.70. The molecule has 7 heteroatoms. The molecule has 0 bridgehead atoms. The van der Waals surface area contributed by atoms with Gasteiger partial charge in [0.15, 0.2) is 11.0 Å². The molecule has 0 radical (unpaired) electrons. The van der Waals surface area contributed by atoms with E-state index in [-0.39, 0.29) is 24.8 Å². The number of hydrogen-bond acceptors (Lipinski definition) is 5. The van der Waals surface area contributed by atoms with Gasteiger partial charge in [0, 0.05) is 5.69 Å². The van der Waals surface area contributed by atoms with Gasteiger partial charge in [0.1, 0.15) is 12.4 Å². The van der Waals surface area contributed by atoms with E-state index in [4.69, 9.17) is 11.2 Å².